The van der Waals surface area contributed by atoms with Crippen molar-refractivity contribution in [1.82, 2.24) is 0 Å². The zero-order valence-corrected chi connectivity index (χ0v) is 5.89. The third-order valence-electron chi connectivity index (χ3n) is 1.34. The molecular weight excluding hydrogens is 122 g/mol. The zero-order valence-electron chi connectivity index (χ0n) is 5.89. The van der Waals surface area contributed by atoms with Crippen LogP contribution in [0.4, 0.5) is 5.69 Å². The van der Waals surface area contributed by atoms with E-state index in [9.17, 15) is 0 Å². The Morgan fingerprint density at radius 2 is 1.90 bits per heavy atom. The van der Waals surface area contributed by atoms with Gasteiger partial charge in [-0.15, -0.1) is 6.42 Å². The Hall–Kier alpha value is -1.42. The van der Waals surface area contributed by atoms with Crippen molar-refractivity contribution < 1.29 is 0 Å². The average molecular weight is 131 g/mol. The summed E-state index contributed by atoms with van der Waals surface area (Å²) in [6, 6.07) is 7.72. The van der Waals surface area contributed by atoms with Crippen LogP contribution in [0.5, 0.6) is 0 Å². The van der Waals surface area contributed by atoms with Crippen LogP contribution in [0.15, 0.2) is 24.3 Å². The van der Waals surface area contributed by atoms with E-state index in [1.807, 2.05) is 31.3 Å². The van der Waals surface area contributed by atoms with Gasteiger partial charge in [-0.2, -0.15) is 0 Å². The number of anilines is 1. The van der Waals surface area contributed by atoms with E-state index in [1.54, 1.807) is 0 Å². The Kier molecular flexibility index (Phi) is 1.96. The highest BCUT2D eigenvalue weighted by Crippen LogP contribution is 2.06. The number of benzene rings is 1. The molecule has 0 aliphatic carbocycles. The van der Waals surface area contributed by atoms with Crippen molar-refractivity contribution in [2.75, 3.05) is 12.4 Å². The Bertz CT molecular complexity index is 240. The van der Waals surface area contributed by atoms with Crippen molar-refractivity contribution in [3.05, 3.63) is 29.8 Å². The first kappa shape index (κ1) is 6.70. The van der Waals surface area contributed by atoms with Gasteiger partial charge in [-0.25, -0.2) is 0 Å². The Morgan fingerprint density at radius 1 is 1.30 bits per heavy atom. The number of terminal acetylenes is 1. The Labute approximate surface area is 61.1 Å². The summed E-state index contributed by atoms with van der Waals surface area (Å²) in [6.45, 7) is 0. The number of hydrogen-bond acceptors (Lipinski definition) is 1. The van der Waals surface area contributed by atoms with Crippen LogP contribution in [0, 0.1) is 12.3 Å². The van der Waals surface area contributed by atoms with Crippen LogP contribution in [0.1, 0.15) is 5.56 Å². The maximum atomic E-state index is 5.17. The summed E-state index contributed by atoms with van der Waals surface area (Å²) < 4.78 is 0. The van der Waals surface area contributed by atoms with Gasteiger partial charge in [-0.05, 0) is 24.3 Å². The first-order valence-corrected chi connectivity index (χ1v) is 3.11. The van der Waals surface area contributed by atoms with Crippen molar-refractivity contribution in [3.63, 3.8) is 0 Å². The topological polar surface area (TPSA) is 12.0 Å². The molecule has 1 N–H and O–H groups in total. The van der Waals surface area contributed by atoms with Gasteiger partial charge in [-0.3, -0.25) is 0 Å². The first-order chi connectivity index (χ1) is 4.86. The molecule has 0 spiro atoms. The van der Waals surface area contributed by atoms with Crippen LogP contribution >= 0.6 is 0 Å². The molecule has 1 heteroatoms. The summed E-state index contributed by atoms with van der Waals surface area (Å²) in [7, 11) is 1.88. The predicted octanol–water partition coefficient (Wildman–Crippen LogP) is 1.71. The van der Waals surface area contributed by atoms with Crippen LogP contribution in [0.3, 0.4) is 0 Å². The molecule has 10 heavy (non-hydrogen) atoms. The van der Waals surface area contributed by atoms with E-state index in [0.29, 0.717) is 0 Å². The highest BCUT2D eigenvalue weighted by atomic mass is 14.8. The fraction of sp³-hybridized carbons (Fsp3) is 0.111. The molecule has 0 aromatic heterocycles. The number of rotatable bonds is 1. The molecular formula is C9H9N. The SMILES string of the molecule is C#Cc1ccc(NC)cc1. The summed E-state index contributed by atoms with van der Waals surface area (Å²) in [5.74, 6) is 2.55. The van der Waals surface area contributed by atoms with E-state index < -0.39 is 0 Å². The summed E-state index contributed by atoms with van der Waals surface area (Å²) in [4.78, 5) is 0. The largest absolute Gasteiger partial charge is 0.388 e. The third kappa shape index (κ3) is 1.29. The van der Waals surface area contributed by atoms with Gasteiger partial charge < -0.3 is 5.32 Å². The minimum absolute atomic E-state index is 0.916. The standard InChI is InChI=1S/C9H9N/c1-3-8-4-6-9(10-2)7-5-8/h1,4-7,10H,2H3. The van der Waals surface area contributed by atoms with Gasteiger partial charge in [0.15, 0.2) is 0 Å². The van der Waals surface area contributed by atoms with Crippen molar-refractivity contribution in [2.45, 2.75) is 0 Å². The van der Waals surface area contributed by atoms with Crippen LogP contribution in [-0.2, 0) is 0 Å². The lowest BCUT2D eigenvalue weighted by Crippen LogP contribution is -1.86. The lowest BCUT2D eigenvalue weighted by molar-refractivity contribution is 1.50. The average Bonchev–Trinajstić information content (AvgIpc) is 2.05. The molecule has 0 aliphatic rings. The molecule has 1 aromatic rings. The zero-order chi connectivity index (χ0) is 7.40. The molecule has 0 unspecified atom stereocenters. The molecule has 0 atom stereocenters. The normalized spacial score (nSPS) is 8.40. The molecule has 1 rings (SSSR count). The lowest BCUT2D eigenvalue weighted by atomic mass is 10.2. The Balaban J connectivity index is 2.93. The molecule has 0 saturated carbocycles. The van der Waals surface area contributed by atoms with Gasteiger partial charge in [-0.1, -0.05) is 5.92 Å². The van der Waals surface area contributed by atoms with Gasteiger partial charge in [0, 0.05) is 18.3 Å². The molecule has 0 aliphatic heterocycles. The second-order valence-electron chi connectivity index (χ2n) is 1.97. The first-order valence-electron chi connectivity index (χ1n) is 3.11. The van der Waals surface area contributed by atoms with Crippen molar-refractivity contribution in [1.29, 1.82) is 0 Å². The smallest absolute Gasteiger partial charge is 0.0338 e. The van der Waals surface area contributed by atoms with Gasteiger partial charge >= 0.3 is 0 Å². The van der Waals surface area contributed by atoms with E-state index in [4.69, 9.17) is 6.42 Å². The fourth-order valence-electron chi connectivity index (χ4n) is 0.733. The Morgan fingerprint density at radius 3 is 2.30 bits per heavy atom. The molecule has 0 bridgehead atoms. The third-order valence-corrected chi connectivity index (χ3v) is 1.34. The molecule has 0 fully saturated rings. The van der Waals surface area contributed by atoms with Gasteiger partial charge in [0.25, 0.3) is 0 Å². The van der Waals surface area contributed by atoms with Gasteiger partial charge in [0.1, 0.15) is 0 Å². The summed E-state index contributed by atoms with van der Waals surface area (Å²) >= 11 is 0. The summed E-state index contributed by atoms with van der Waals surface area (Å²) in [5, 5.41) is 3.01. The summed E-state index contributed by atoms with van der Waals surface area (Å²) in [6.07, 6.45) is 5.17. The predicted molar refractivity (Wildman–Crippen MR) is 43.9 cm³/mol. The maximum absolute atomic E-state index is 5.17. The van der Waals surface area contributed by atoms with Crippen LogP contribution < -0.4 is 5.32 Å². The van der Waals surface area contributed by atoms with Gasteiger partial charge in [0.05, 0.1) is 0 Å². The minimum atomic E-state index is 0.916. The van der Waals surface area contributed by atoms with Crippen molar-refractivity contribution in [3.8, 4) is 12.3 Å². The van der Waals surface area contributed by atoms with Crippen LogP contribution in [0.2, 0.25) is 0 Å². The number of nitrogens with one attached hydrogen (secondary N) is 1. The minimum Gasteiger partial charge on any atom is -0.388 e. The lowest BCUT2D eigenvalue weighted by Gasteiger charge is -1.97. The molecule has 0 heterocycles. The van der Waals surface area contributed by atoms with Gasteiger partial charge in [0.2, 0.25) is 0 Å². The van der Waals surface area contributed by atoms with E-state index in [-0.39, 0.29) is 0 Å². The van der Waals surface area contributed by atoms with E-state index >= 15 is 0 Å². The number of hydrogen-bond donors (Lipinski definition) is 1. The second-order valence-corrected chi connectivity index (χ2v) is 1.97. The van der Waals surface area contributed by atoms with E-state index in [1.165, 1.54) is 0 Å². The van der Waals surface area contributed by atoms with Crippen molar-refractivity contribution in [2.24, 2.45) is 0 Å². The monoisotopic (exact) mass is 131 g/mol. The highest BCUT2D eigenvalue weighted by molar-refractivity contribution is 5.47. The molecule has 1 aromatic carbocycles. The van der Waals surface area contributed by atoms with Crippen LogP contribution in [-0.4, -0.2) is 7.05 Å². The summed E-state index contributed by atoms with van der Waals surface area (Å²) in [5.41, 5.74) is 2.00. The second kappa shape index (κ2) is 2.93. The van der Waals surface area contributed by atoms with Crippen LogP contribution in [0.25, 0.3) is 0 Å². The molecule has 1 nitrogen and oxygen atoms in total. The highest BCUT2D eigenvalue weighted by Gasteiger charge is 1.86. The molecule has 0 saturated heterocycles. The fourth-order valence-corrected chi connectivity index (χ4v) is 0.733. The molecule has 50 valence electrons. The quantitative estimate of drug-likeness (QED) is 0.572. The molecule has 0 radical (unpaired) electrons. The maximum Gasteiger partial charge on any atom is 0.0338 e. The molecule has 0 amide bonds. The van der Waals surface area contributed by atoms with E-state index in [2.05, 4.69) is 11.2 Å². The van der Waals surface area contributed by atoms with Crippen molar-refractivity contribution >= 4 is 5.69 Å². The van der Waals surface area contributed by atoms with E-state index in [0.717, 1.165) is 11.3 Å².